The number of fused-ring (bicyclic) bond motifs is 1. The Bertz CT molecular complexity index is 963. The van der Waals surface area contributed by atoms with Crippen molar-refractivity contribution in [1.82, 2.24) is 19.7 Å². The first kappa shape index (κ1) is 13.9. The predicted octanol–water partition coefficient (Wildman–Crippen LogP) is 4.20. The number of aromatic nitrogens is 4. The Morgan fingerprint density at radius 3 is 2.52 bits per heavy atom. The lowest BCUT2D eigenvalue weighted by atomic mass is 10.1. The van der Waals surface area contributed by atoms with Gasteiger partial charge in [-0.25, -0.2) is 9.97 Å². The van der Waals surface area contributed by atoms with Crippen LogP contribution in [0.4, 0.5) is 0 Å². The molecule has 0 fully saturated rings. The van der Waals surface area contributed by atoms with Gasteiger partial charge >= 0.3 is 0 Å². The standard InChI is InChI=1S/C18H13ClN4/c19-18-20-11-10-15(21-18)17-14-8-4-5-9-16(14)23(22-17)12-13-6-2-1-3-7-13/h1-11H,12H2. The van der Waals surface area contributed by atoms with Crippen molar-refractivity contribution in [1.29, 1.82) is 0 Å². The van der Waals surface area contributed by atoms with Crippen molar-refractivity contribution in [2.24, 2.45) is 0 Å². The molecule has 2 aromatic heterocycles. The molecule has 0 spiro atoms. The van der Waals surface area contributed by atoms with Gasteiger partial charge in [0.05, 0.1) is 17.8 Å². The fourth-order valence-corrected chi connectivity index (χ4v) is 2.81. The number of benzene rings is 2. The summed E-state index contributed by atoms with van der Waals surface area (Å²) in [6.45, 7) is 0.709. The van der Waals surface area contributed by atoms with Gasteiger partial charge in [0.25, 0.3) is 0 Å². The number of hydrogen-bond donors (Lipinski definition) is 0. The van der Waals surface area contributed by atoms with Crippen LogP contribution in [0, 0.1) is 0 Å². The zero-order valence-corrected chi connectivity index (χ0v) is 13.0. The summed E-state index contributed by atoms with van der Waals surface area (Å²) in [5.41, 5.74) is 3.82. The molecule has 23 heavy (non-hydrogen) atoms. The lowest BCUT2D eigenvalue weighted by Crippen LogP contribution is -2.01. The Hall–Kier alpha value is -2.72. The minimum Gasteiger partial charge on any atom is -0.260 e. The molecule has 5 heteroatoms. The van der Waals surface area contributed by atoms with Gasteiger partial charge in [0.1, 0.15) is 5.69 Å². The van der Waals surface area contributed by atoms with Crippen LogP contribution in [0.25, 0.3) is 22.3 Å². The van der Waals surface area contributed by atoms with Crippen LogP contribution >= 0.6 is 11.6 Å². The average molecular weight is 321 g/mol. The van der Waals surface area contributed by atoms with E-state index < -0.39 is 0 Å². The van der Waals surface area contributed by atoms with Crippen molar-refractivity contribution in [3.05, 3.63) is 77.7 Å². The van der Waals surface area contributed by atoms with Gasteiger partial charge in [-0.05, 0) is 29.3 Å². The first-order valence-electron chi connectivity index (χ1n) is 7.30. The molecule has 0 amide bonds. The van der Waals surface area contributed by atoms with Crippen molar-refractivity contribution in [3.8, 4) is 11.4 Å². The van der Waals surface area contributed by atoms with E-state index in [1.807, 2.05) is 41.1 Å². The van der Waals surface area contributed by atoms with Crippen molar-refractivity contribution < 1.29 is 0 Å². The smallest absolute Gasteiger partial charge is 0.222 e. The molecular formula is C18H13ClN4. The number of para-hydroxylation sites is 1. The first-order valence-corrected chi connectivity index (χ1v) is 7.67. The minimum absolute atomic E-state index is 0.226. The van der Waals surface area contributed by atoms with E-state index in [1.165, 1.54) is 5.56 Å². The number of rotatable bonds is 3. The average Bonchev–Trinajstić information content (AvgIpc) is 2.95. The SMILES string of the molecule is Clc1nccc(-c2nn(Cc3ccccc3)c3ccccc23)n1. The Labute approximate surface area is 138 Å². The van der Waals surface area contributed by atoms with Crippen LogP contribution in [-0.2, 0) is 6.54 Å². The summed E-state index contributed by atoms with van der Waals surface area (Å²) in [4.78, 5) is 8.23. The summed E-state index contributed by atoms with van der Waals surface area (Å²) in [6, 6.07) is 20.2. The van der Waals surface area contributed by atoms with Gasteiger partial charge in [-0.3, -0.25) is 4.68 Å². The van der Waals surface area contributed by atoms with Crippen LogP contribution in [0.5, 0.6) is 0 Å². The van der Waals surface area contributed by atoms with Crippen molar-refractivity contribution >= 4 is 22.5 Å². The van der Waals surface area contributed by atoms with Crippen LogP contribution in [0.2, 0.25) is 5.28 Å². The van der Waals surface area contributed by atoms with E-state index in [1.54, 1.807) is 6.20 Å². The topological polar surface area (TPSA) is 43.6 Å². The van der Waals surface area contributed by atoms with Gasteiger partial charge in [-0.1, -0.05) is 48.5 Å². The molecule has 112 valence electrons. The maximum absolute atomic E-state index is 5.93. The largest absolute Gasteiger partial charge is 0.260 e. The third-order valence-electron chi connectivity index (χ3n) is 3.70. The molecule has 0 radical (unpaired) electrons. The molecule has 2 heterocycles. The zero-order valence-electron chi connectivity index (χ0n) is 12.2. The highest BCUT2D eigenvalue weighted by Crippen LogP contribution is 2.27. The third-order valence-corrected chi connectivity index (χ3v) is 3.88. The molecule has 2 aromatic carbocycles. The third kappa shape index (κ3) is 2.69. The monoisotopic (exact) mass is 320 g/mol. The van der Waals surface area contributed by atoms with Gasteiger partial charge in [-0.15, -0.1) is 0 Å². The Morgan fingerprint density at radius 2 is 1.70 bits per heavy atom. The second-order valence-electron chi connectivity index (χ2n) is 5.22. The van der Waals surface area contributed by atoms with Crippen molar-refractivity contribution in [2.45, 2.75) is 6.54 Å². The van der Waals surface area contributed by atoms with Gasteiger partial charge < -0.3 is 0 Å². The number of nitrogens with zero attached hydrogens (tertiary/aromatic N) is 4. The van der Waals surface area contributed by atoms with E-state index in [0.29, 0.717) is 6.54 Å². The maximum atomic E-state index is 5.93. The van der Waals surface area contributed by atoms with Crippen LogP contribution < -0.4 is 0 Å². The predicted molar refractivity (Wildman–Crippen MR) is 91.3 cm³/mol. The minimum atomic E-state index is 0.226. The van der Waals surface area contributed by atoms with Crippen LogP contribution in [0.15, 0.2) is 66.9 Å². The van der Waals surface area contributed by atoms with Gasteiger partial charge in [0.2, 0.25) is 5.28 Å². The molecule has 0 saturated carbocycles. The van der Waals surface area contributed by atoms with Crippen LogP contribution in [-0.4, -0.2) is 19.7 Å². The summed E-state index contributed by atoms with van der Waals surface area (Å²) < 4.78 is 2.00. The van der Waals surface area contributed by atoms with Crippen molar-refractivity contribution in [2.75, 3.05) is 0 Å². The Kier molecular flexibility index (Phi) is 3.52. The highest BCUT2D eigenvalue weighted by molar-refractivity contribution is 6.28. The summed E-state index contributed by atoms with van der Waals surface area (Å²) in [5.74, 6) is 0. The van der Waals surface area contributed by atoms with E-state index >= 15 is 0 Å². The van der Waals surface area contributed by atoms with E-state index in [0.717, 1.165) is 22.3 Å². The normalized spacial score (nSPS) is 11.0. The second kappa shape index (κ2) is 5.82. The zero-order chi connectivity index (χ0) is 15.6. The molecule has 0 saturated heterocycles. The molecule has 0 aliphatic heterocycles. The lowest BCUT2D eigenvalue weighted by Gasteiger charge is -2.03. The summed E-state index contributed by atoms with van der Waals surface area (Å²) in [7, 11) is 0. The van der Waals surface area contributed by atoms with E-state index in [-0.39, 0.29) is 5.28 Å². The summed E-state index contributed by atoms with van der Waals surface area (Å²) >= 11 is 5.93. The molecule has 0 atom stereocenters. The fraction of sp³-hybridized carbons (Fsp3) is 0.0556. The van der Waals surface area contributed by atoms with Gasteiger partial charge in [0, 0.05) is 11.6 Å². The molecule has 0 aliphatic rings. The van der Waals surface area contributed by atoms with Crippen molar-refractivity contribution in [3.63, 3.8) is 0 Å². The number of halogens is 1. The molecular weight excluding hydrogens is 308 g/mol. The highest BCUT2D eigenvalue weighted by atomic mass is 35.5. The lowest BCUT2D eigenvalue weighted by molar-refractivity contribution is 0.714. The molecule has 0 aliphatic carbocycles. The molecule has 0 N–H and O–H groups in total. The second-order valence-corrected chi connectivity index (χ2v) is 5.56. The first-order chi connectivity index (χ1) is 11.3. The fourth-order valence-electron chi connectivity index (χ4n) is 2.66. The van der Waals surface area contributed by atoms with Gasteiger partial charge in [0.15, 0.2) is 0 Å². The van der Waals surface area contributed by atoms with Crippen LogP contribution in [0.3, 0.4) is 0 Å². The highest BCUT2D eigenvalue weighted by Gasteiger charge is 2.13. The van der Waals surface area contributed by atoms with Crippen LogP contribution in [0.1, 0.15) is 5.56 Å². The van der Waals surface area contributed by atoms with Gasteiger partial charge in [-0.2, -0.15) is 5.10 Å². The molecule has 0 bridgehead atoms. The Balaban J connectivity index is 1.86. The van der Waals surface area contributed by atoms with E-state index in [9.17, 15) is 0 Å². The Morgan fingerprint density at radius 1 is 0.913 bits per heavy atom. The molecule has 4 nitrogen and oxygen atoms in total. The molecule has 0 unspecified atom stereocenters. The quantitative estimate of drug-likeness (QED) is 0.531. The van der Waals surface area contributed by atoms with E-state index in [2.05, 4.69) is 34.2 Å². The number of hydrogen-bond acceptors (Lipinski definition) is 3. The van der Waals surface area contributed by atoms with E-state index in [4.69, 9.17) is 16.7 Å². The summed E-state index contributed by atoms with van der Waals surface area (Å²) in [6.07, 6.45) is 1.65. The maximum Gasteiger partial charge on any atom is 0.222 e. The molecule has 4 aromatic rings. The summed E-state index contributed by atoms with van der Waals surface area (Å²) in [5, 5.41) is 6.04. The molecule has 4 rings (SSSR count).